The van der Waals surface area contributed by atoms with Crippen LogP contribution >= 0.6 is 0 Å². The highest BCUT2D eigenvalue weighted by atomic mass is 19.4. The summed E-state index contributed by atoms with van der Waals surface area (Å²) in [7, 11) is 0. The van der Waals surface area contributed by atoms with Crippen LogP contribution in [0.3, 0.4) is 0 Å². The highest BCUT2D eigenvalue weighted by Gasteiger charge is 2.33. The van der Waals surface area contributed by atoms with Crippen LogP contribution in [0.2, 0.25) is 0 Å². The van der Waals surface area contributed by atoms with Crippen LogP contribution in [0.15, 0.2) is 42.5 Å². The number of nitrogens with one attached hydrogen (secondary N) is 1. The number of nitro benzene ring substituents is 1. The van der Waals surface area contributed by atoms with Crippen LogP contribution in [-0.4, -0.2) is 40.9 Å². The molecule has 1 atom stereocenters. The molecular weight excluding hydrogens is 431 g/mol. The molecule has 3 rings (SSSR count). The first-order valence-electron chi connectivity index (χ1n) is 9.69. The fraction of sp³-hybridized carbons (Fsp3) is 0.333. The number of halogens is 3. The summed E-state index contributed by atoms with van der Waals surface area (Å²) in [5, 5.41) is 13.6. The van der Waals surface area contributed by atoms with Crippen LogP contribution in [0.25, 0.3) is 0 Å². The Morgan fingerprint density at radius 3 is 2.56 bits per heavy atom. The number of nitrogens with zero attached hydrogens (tertiary/aromatic N) is 2. The Bertz CT molecular complexity index is 1040. The van der Waals surface area contributed by atoms with Gasteiger partial charge in [-0.3, -0.25) is 14.9 Å². The Kier molecular flexibility index (Phi) is 6.66. The smallest absolute Gasteiger partial charge is 0.416 e. The maximum Gasteiger partial charge on any atom is 0.416 e. The number of ether oxygens (including phenoxy) is 1. The molecule has 0 aliphatic carbocycles. The molecule has 8 nitrogen and oxygen atoms in total. The third-order valence-corrected chi connectivity index (χ3v) is 5.07. The highest BCUT2D eigenvalue weighted by Crippen LogP contribution is 2.35. The fourth-order valence-electron chi connectivity index (χ4n) is 3.33. The van der Waals surface area contributed by atoms with Gasteiger partial charge in [-0.05, 0) is 36.6 Å². The molecule has 1 heterocycles. The van der Waals surface area contributed by atoms with Gasteiger partial charge in [0.25, 0.3) is 11.6 Å². The van der Waals surface area contributed by atoms with Gasteiger partial charge in [0.2, 0.25) is 0 Å². The van der Waals surface area contributed by atoms with Crippen LogP contribution in [0, 0.1) is 10.1 Å². The molecule has 2 aromatic carbocycles. The quantitative estimate of drug-likeness (QED) is 0.410. The summed E-state index contributed by atoms with van der Waals surface area (Å²) in [4.78, 5) is 36.4. The number of alkyl halides is 3. The predicted octanol–water partition coefficient (Wildman–Crippen LogP) is 3.54. The zero-order valence-electron chi connectivity index (χ0n) is 17.0. The van der Waals surface area contributed by atoms with Crippen molar-refractivity contribution in [3.8, 4) is 0 Å². The van der Waals surface area contributed by atoms with Crippen molar-refractivity contribution in [1.82, 2.24) is 4.90 Å². The average Bonchev–Trinajstić information content (AvgIpc) is 2.76. The van der Waals surface area contributed by atoms with Crippen LogP contribution in [-0.2, 0) is 33.5 Å². The van der Waals surface area contributed by atoms with Gasteiger partial charge >= 0.3 is 12.1 Å². The molecule has 0 saturated heterocycles. The number of fused-ring (bicyclic) bond motifs is 1. The first kappa shape index (κ1) is 23.0. The number of rotatable bonds is 6. The number of carbonyl (C=O) groups is 2. The maximum atomic E-state index is 12.8. The second-order valence-corrected chi connectivity index (χ2v) is 7.29. The Hall–Kier alpha value is -3.63. The topological polar surface area (TPSA) is 102 Å². The van der Waals surface area contributed by atoms with Crippen molar-refractivity contribution in [3.05, 3.63) is 69.3 Å². The minimum Gasteiger partial charge on any atom is -0.454 e. The maximum absolute atomic E-state index is 12.8. The van der Waals surface area contributed by atoms with Gasteiger partial charge in [-0.2, -0.15) is 13.2 Å². The van der Waals surface area contributed by atoms with Crippen LogP contribution < -0.4 is 5.32 Å². The van der Waals surface area contributed by atoms with E-state index in [2.05, 4.69) is 5.32 Å². The SMILES string of the molecule is C[C@@H](Nc1ccc(C(F)(F)F)cc1[N+](=O)[O-])C(=O)OCC(=O)N1CCc2ccccc2C1. The first-order chi connectivity index (χ1) is 15.1. The fourth-order valence-corrected chi connectivity index (χ4v) is 3.33. The van der Waals surface area contributed by atoms with Gasteiger partial charge in [-0.1, -0.05) is 24.3 Å². The second kappa shape index (κ2) is 9.25. The van der Waals surface area contributed by atoms with Gasteiger partial charge < -0.3 is 15.0 Å². The van der Waals surface area contributed by atoms with Gasteiger partial charge in [0.15, 0.2) is 6.61 Å². The third-order valence-electron chi connectivity index (χ3n) is 5.07. The van der Waals surface area contributed by atoms with E-state index >= 15 is 0 Å². The van der Waals surface area contributed by atoms with Crippen LogP contribution in [0.4, 0.5) is 24.5 Å². The average molecular weight is 451 g/mol. The minimum atomic E-state index is -4.75. The molecule has 0 bridgehead atoms. The number of amides is 1. The molecule has 0 spiro atoms. The lowest BCUT2D eigenvalue weighted by Crippen LogP contribution is -2.39. The Balaban J connectivity index is 1.58. The third kappa shape index (κ3) is 5.34. The summed E-state index contributed by atoms with van der Waals surface area (Å²) in [5.74, 6) is -1.26. The largest absolute Gasteiger partial charge is 0.454 e. The Morgan fingerprint density at radius 1 is 1.22 bits per heavy atom. The second-order valence-electron chi connectivity index (χ2n) is 7.29. The molecular formula is C21H20F3N3O5. The van der Waals surface area contributed by atoms with Gasteiger partial charge in [-0.15, -0.1) is 0 Å². The monoisotopic (exact) mass is 451 g/mol. The van der Waals surface area contributed by atoms with E-state index in [1.54, 1.807) is 4.90 Å². The summed E-state index contributed by atoms with van der Waals surface area (Å²) >= 11 is 0. The molecule has 1 N–H and O–H groups in total. The van der Waals surface area contributed by atoms with E-state index in [0.29, 0.717) is 31.6 Å². The Morgan fingerprint density at radius 2 is 1.91 bits per heavy atom. The molecule has 2 aromatic rings. The van der Waals surface area contributed by atoms with E-state index < -0.39 is 41.0 Å². The number of anilines is 1. The van der Waals surface area contributed by atoms with Crippen LogP contribution in [0.1, 0.15) is 23.6 Å². The predicted molar refractivity (Wildman–Crippen MR) is 108 cm³/mol. The molecule has 0 unspecified atom stereocenters. The Labute approximate surface area is 181 Å². The van der Waals surface area contributed by atoms with Crippen molar-refractivity contribution in [2.75, 3.05) is 18.5 Å². The lowest BCUT2D eigenvalue weighted by atomic mass is 10.00. The molecule has 1 amide bonds. The molecule has 0 radical (unpaired) electrons. The summed E-state index contributed by atoms with van der Waals surface area (Å²) < 4.78 is 43.5. The lowest BCUT2D eigenvalue weighted by Gasteiger charge is -2.28. The van der Waals surface area contributed by atoms with Crippen molar-refractivity contribution in [3.63, 3.8) is 0 Å². The van der Waals surface area contributed by atoms with E-state index in [1.807, 2.05) is 24.3 Å². The standard InChI is InChI=1S/C21H20F3N3O5/c1-13(25-17-7-6-16(21(22,23)24)10-18(17)27(30)31)20(29)32-12-19(28)26-9-8-14-4-2-3-5-15(14)11-26/h2-7,10,13,25H,8-9,11-12H2,1H3/t13-/m1/s1. The minimum absolute atomic E-state index is 0.272. The van der Waals surface area contributed by atoms with Gasteiger partial charge in [0.1, 0.15) is 11.7 Å². The number of benzene rings is 2. The number of hydrogen-bond acceptors (Lipinski definition) is 6. The highest BCUT2D eigenvalue weighted by molar-refractivity contribution is 5.84. The first-order valence-corrected chi connectivity index (χ1v) is 9.69. The molecule has 0 aromatic heterocycles. The summed E-state index contributed by atoms with van der Waals surface area (Å²) in [5.41, 5.74) is -0.111. The molecule has 0 fully saturated rings. The lowest BCUT2D eigenvalue weighted by molar-refractivity contribution is -0.384. The molecule has 1 aliphatic rings. The summed E-state index contributed by atoms with van der Waals surface area (Å²) in [6.45, 7) is 1.70. The van der Waals surface area contributed by atoms with Crippen molar-refractivity contribution in [2.24, 2.45) is 0 Å². The van der Waals surface area contributed by atoms with Gasteiger partial charge in [0, 0.05) is 19.2 Å². The van der Waals surface area contributed by atoms with Crippen molar-refractivity contribution >= 4 is 23.3 Å². The molecule has 0 saturated carbocycles. The number of nitro groups is 1. The van der Waals surface area contributed by atoms with E-state index in [0.717, 1.165) is 17.2 Å². The molecule has 170 valence electrons. The zero-order chi connectivity index (χ0) is 23.5. The zero-order valence-corrected chi connectivity index (χ0v) is 17.0. The normalized spacial score (nSPS) is 14.3. The van der Waals surface area contributed by atoms with Gasteiger partial charge in [-0.25, -0.2) is 4.79 Å². The van der Waals surface area contributed by atoms with E-state index in [1.165, 1.54) is 6.92 Å². The van der Waals surface area contributed by atoms with Crippen LogP contribution in [0.5, 0.6) is 0 Å². The molecule has 1 aliphatic heterocycles. The number of esters is 1. The van der Waals surface area contributed by atoms with E-state index in [-0.39, 0.29) is 11.6 Å². The molecule has 32 heavy (non-hydrogen) atoms. The summed E-state index contributed by atoms with van der Waals surface area (Å²) in [6, 6.07) is 8.51. The van der Waals surface area contributed by atoms with E-state index in [9.17, 15) is 32.9 Å². The van der Waals surface area contributed by atoms with Crippen molar-refractivity contribution in [2.45, 2.75) is 32.1 Å². The van der Waals surface area contributed by atoms with Crippen molar-refractivity contribution < 1.29 is 32.4 Å². The number of hydrogen-bond donors (Lipinski definition) is 1. The van der Waals surface area contributed by atoms with Gasteiger partial charge in [0.05, 0.1) is 10.5 Å². The van der Waals surface area contributed by atoms with E-state index in [4.69, 9.17) is 4.74 Å². The number of carbonyl (C=O) groups excluding carboxylic acids is 2. The van der Waals surface area contributed by atoms with Crippen molar-refractivity contribution in [1.29, 1.82) is 0 Å². The summed E-state index contributed by atoms with van der Waals surface area (Å²) in [6.07, 6.45) is -4.06. The molecule has 11 heteroatoms.